The van der Waals surface area contributed by atoms with Crippen LogP contribution in [0.3, 0.4) is 0 Å². The fourth-order valence-electron chi connectivity index (χ4n) is 3.70. The van der Waals surface area contributed by atoms with Gasteiger partial charge in [-0.1, -0.05) is 37.6 Å². The van der Waals surface area contributed by atoms with E-state index in [1.807, 2.05) is 42.5 Å². The van der Waals surface area contributed by atoms with Crippen LogP contribution in [0.1, 0.15) is 19.8 Å². The van der Waals surface area contributed by atoms with E-state index < -0.39 is 0 Å². The molecule has 1 N–H and O–H groups in total. The van der Waals surface area contributed by atoms with E-state index in [2.05, 4.69) is 6.92 Å². The van der Waals surface area contributed by atoms with Gasteiger partial charge in [0.15, 0.2) is 0 Å². The van der Waals surface area contributed by atoms with Crippen LogP contribution >= 0.6 is 0 Å². The SMILES string of the molecule is CCCCOc1ccc2c(OCCOCCOCCOCC3CO3)c3ccccc3c(O)c2c1. The summed E-state index contributed by atoms with van der Waals surface area (Å²) in [5.41, 5.74) is 0. The number of unbranched alkanes of at least 4 members (excludes halogenated alkanes) is 1. The Labute approximate surface area is 200 Å². The molecule has 0 amide bonds. The summed E-state index contributed by atoms with van der Waals surface area (Å²) in [6, 6.07) is 13.5. The van der Waals surface area contributed by atoms with Crippen molar-refractivity contribution in [1.82, 2.24) is 0 Å². The molecular formula is C27H34O7. The Morgan fingerprint density at radius 1 is 0.794 bits per heavy atom. The normalized spacial score (nSPS) is 15.1. The van der Waals surface area contributed by atoms with Crippen LogP contribution in [0.4, 0.5) is 0 Å². The predicted molar refractivity (Wildman–Crippen MR) is 131 cm³/mol. The topological polar surface area (TPSA) is 78.9 Å². The number of rotatable bonds is 16. The van der Waals surface area contributed by atoms with Gasteiger partial charge in [0.2, 0.25) is 0 Å². The van der Waals surface area contributed by atoms with Gasteiger partial charge in [-0.05, 0) is 24.6 Å². The van der Waals surface area contributed by atoms with Crippen LogP contribution in [-0.4, -0.2) is 70.7 Å². The fourth-order valence-corrected chi connectivity index (χ4v) is 3.70. The van der Waals surface area contributed by atoms with Gasteiger partial charge < -0.3 is 33.5 Å². The van der Waals surface area contributed by atoms with E-state index in [-0.39, 0.29) is 11.9 Å². The molecule has 1 saturated heterocycles. The van der Waals surface area contributed by atoms with E-state index >= 15 is 0 Å². The highest BCUT2D eigenvalue weighted by Gasteiger charge is 2.22. The highest BCUT2D eigenvalue weighted by molar-refractivity contribution is 6.11. The van der Waals surface area contributed by atoms with Gasteiger partial charge in [-0.2, -0.15) is 0 Å². The Kier molecular flexibility index (Phi) is 9.21. The number of hydrogen-bond donors (Lipinski definition) is 1. The van der Waals surface area contributed by atoms with Crippen LogP contribution < -0.4 is 9.47 Å². The van der Waals surface area contributed by atoms with Gasteiger partial charge in [0.1, 0.15) is 30.0 Å². The maximum Gasteiger partial charge on any atom is 0.135 e. The minimum atomic E-state index is 0.237. The molecule has 0 radical (unpaired) electrons. The van der Waals surface area contributed by atoms with E-state index in [0.29, 0.717) is 58.2 Å². The molecule has 7 heteroatoms. The van der Waals surface area contributed by atoms with Crippen LogP contribution in [0.5, 0.6) is 17.2 Å². The Balaban J connectivity index is 1.31. The van der Waals surface area contributed by atoms with Gasteiger partial charge >= 0.3 is 0 Å². The largest absolute Gasteiger partial charge is 0.507 e. The predicted octanol–water partition coefficient (Wildman–Crippen LogP) is 4.70. The van der Waals surface area contributed by atoms with Crippen molar-refractivity contribution in [2.24, 2.45) is 0 Å². The zero-order valence-electron chi connectivity index (χ0n) is 19.8. The lowest BCUT2D eigenvalue weighted by molar-refractivity contribution is 0.00722. The number of aromatic hydroxyl groups is 1. The van der Waals surface area contributed by atoms with Crippen molar-refractivity contribution in [3.05, 3.63) is 42.5 Å². The zero-order chi connectivity index (χ0) is 23.6. The molecule has 0 aromatic heterocycles. The maximum absolute atomic E-state index is 10.9. The first kappa shape index (κ1) is 24.5. The van der Waals surface area contributed by atoms with Crippen LogP contribution in [0.25, 0.3) is 21.5 Å². The number of hydrogen-bond acceptors (Lipinski definition) is 7. The number of fused-ring (bicyclic) bond motifs is 2. The van der Waals surface area contributed by atoms with Gasteiger partial charge in [0.25, 0.3) is 0 Å². The first-order chi connectivity index (χ1) is 16.8. The van der Waals surface area contributed by atoms with Gasteiger partial charge in [0.05, 0.1) is 52.9 Å². The zero-order valence-corrected chi connectivity index (χ0v) is 19.8. The molecule has 184 valence electrons. The van der Waals surface area contributed by atoms with Crippen molar-refractivity contribution in [3.63, 3.8) is 0 Å². The summed E-state index contributed by atoms with van der Waals surface area (Å²) in [5.74, 6) is 1.72. The molecule has 0 bridgehead atoms. The third kappa shape index (κ3) is 6.73. The Bertz CT molecular complexity index is 1050. The quantitative estimate of drug-likeness (QED) is 0.185. The van der Waals surface area contributed by atoms with Gasteiger partial charge in [-0.15, -0.1) is 0 Å². The standard InChI is InChI=1S/C27H34O7/c1-2-3-10-32-20-8-9-24-25(17-20)26(28)22-6-4-5-7-23(22)27(24)33-16-15-30-12-11-29-13-14-31-18-21-19-34-21/h4-9,17,21,28H,2-3,10-16,18-19H2,1H3. The summed E-state index contributed by atoms with van der Waals surface area (Å²) in [6.07, 6.45) is 2.35. The molecule has 3 aromatic rings. The molecular weight excluding hydrogens is 436 g/mol. The number of phenols is 1. The number of phenolic OH excluding ortho intramolecular Hbond substituents is 1. The molecule has 0 spiro atoms. The van der Waals surface area contributed by atoms with Crippen LogP contribution in [0.2, 0.25) is 0 Å². The summed E-state index contributed by atoms with van der Waals surface area (Å²) >= 11 is 0. The molecule has 1 atom stereocenters. The lowest BCUT2D eigenvalue weighted by atomic mass is 10.0. The molecule has 1 aliphatic heterocycles. The number of epoxide rings is 1. The average molecular weight is 471 g/mol. The molecule has 1 unspecified atom stereocenters. The number of ether oxygens (including phenoxy) is 6. The van der Waals surface area contributed by atoms with Crippen molar-refractivity contribution in [2.45, 2.75) is 25.9 Å². The van der Waals surface area contributed by atoms with Crippen LogP contribution in [0, 0.1) is 0 Å². The third-order valence-electron chi connectivity index (χ3n) is 5.61. The Hall–Kier alpha value is -2.58. The molecule has 0 aliphatic carbocycles. The van der Waals surface area contributed by atoms with Gasteiger partial charge in [-0.25, -0.2) is 0 Å². The molecule has 7 nitrogen and oxygen atoms in total. The molecule has 3 aromatic carbocycles. The molecule has 1 fully saturated rings. The summed E-state index contributed by atoms with van der Waals surface area (Å²) in [7, 11) is 0. The molecule has 4 rings (SSSR count). The monoisotopic (exact) mass is 470 g/mol. The van der Waals surface area contributed by atoms with Crippen molar-refractivity contribution in [2.75, 3.05) is 59.5 Å². The summed E-state index contributed by atoms with van der Waals surface area (Å²) in [6.45, 7) is 7.17. The third-order valence-corrected chi connectivity index (χ3v) is 5.61. The first-order valence-electron chi connectivity index (χ1n) is 12.1. The average Bonchev–Trinajstić information content (AvgIpc) is 3.69. The minimum Gasteiger partial charge on any atom is -0.507 e. The van der Waals surface area contributed by atoms with Crippen molar-refractivity contribution < 1.29 is 33.5 Å². The highest BCUT2D eigenvalue weighted by atomic mass is 16.6. The Morgan fingerprint density at radius 2 is 1.47 bits per heavy atom. The molecule has 0 saturated carbocycles. The lowest BCUT2D eigenvalue weighted by Gasteiger charge is -2.16. The van der Waals surface area contributed by atoms with E-state index in [9.17, 15) is 5.11 Å². The van der Waals surface area contributed by atoms with E-state index in [1.54, 1.807) is 0 Å². The van der Waals surface area contributed by atoms with E-state index in [4.69, 9.17) is 28.4 Å². The maximum atomic E-state index is 10.9. The summed E-state index contributed by atoms with van der Waals surface area (Å²) in [4.78, 5) is 0. The Morgan fingerprint density at radius 3 is 2.21 bits per heavy atom. The summed E-state index contributed by atoms with van der Waals surface area (Å²) in [5, 5.41) is 14.1. The van der Waals surface area contributed by atoms with E-state index in [0.717, 1.165) is 47.1 Å². The number of benzene rings is 3. The highest BCUT2D eigenvalue weighted by Crippen LogP contribution is 2.43. The lowest BCUT2D eigenvalue weighted by Crippen LogP contribution is -2.13. The van der Waals surface area contributed by atoms with Gasteiger partial charge in [0, 0.05) is 21.5 Å². The molecule has 1 aliphatic rings. The van der Waals surface area contributed by atoms with Crippen molar-refractivity contribution >= 4 is 21.5 Å². The second kappa shape index (κ2) is 12.8. The second-order valence-electron chi connectivity index (χ2n) is 8.24. The molecule has 34 heavy (non-hydrogen) atoms. The van der Waals surface area contributed by atoms with Crippen molar-refractivity contribution in [1.29, 1.82) is 0 Å². The van der Waals surface area contributed by atoms with Crippen molar-refractivity contribution in [3.8, 4) is 17.2 Å². The molecule has 1 heterocycles. The minimum absolute atomic E-state index is 0.237. The smallest absolute Gasteiger partial charge is 0.135 e. The summed E-state index contributed by atoms with van der Waals surface area (Å²) < 4.78 is 33.7. The second-order valence-corrected chi connectivity index (χ2v) is 8.24. The fraction of sp³-hybridized carbons (Fsp3) is 0.481. The first-order valence-corrected chi connectivity index (χ1v) is 12.1. The van der Waals surface area contributed by atoms with Crippen LogP contribution in [0.15, 0.2) is 42.5 Å². The van der Waals surface area contributed by atoms with E-state index in [1.165, 1.54) is 0 Å². The van der Waals surface area contributed by atoms with Gasteiger partial charge in [-0.3, -0.25) is 0 Å². The van der Waals surface area contributed by atoms with Crippen LogP contribution in [-0.2, 0) is 18.9 Å².